The van der Waals surface area contributed by atoms with Crippen LogP contribution < -0.4 is 20.1 Å². The van der Waals surface area contributed by atoms with Gasteiger partial charge in [0.05, 0.1) is 6.10 Å². The first-order valence-electron chi connectivity index (χ1n) is 8.21. The van der Waals surface area contributed by atoms with Crippen molar-refractivity contribution in [1.82, 2.24) is 5.32 Å². The summed E-state index contributed by atoms with van der Waals surface area (Å²) in [6, 6.07) is 15.6. The first-order chi connectivity index (χ1) is 12.1. The number of thiocarbonyl (C=S) groups is 1. The van der Waals surface area contributed by atoms with E-state index in [1.54, 1.807) is 6.08 Å². The lowest BCUT2D eigenvalue weighted by atomic mass is 10.2. The summed E-state index contributed by atoms with van der Waals surface area (Å²) in [5, 5.41) is 6.92. The maximum absolute atomic E-state index is 5.63. The molecule has 25 heavy (non-hydrogen) atoms. The highest BCUT2D eigenvalue weighted by atomic mass is 32.1. The topological polar surface area (TPSA) is 42.5 Å². The van der Waals surface area contributed by atoms with Crippen LogP contribution in [0.2, 0.25) is 0 Å². The van der Waals surface area contributed by atoms with Gasteiger partial charge in [0.1, 0.15) is 18.1 Å². The molecule has 0 fully saturated rings. The highest BCUT2D eigenvalue weighted by Crippen LogP contribution is 2.16. The largest absolute Gasteiger partial charge is 0.491 e. The van der Waals surface area contributed by atoms with Gasteiger partial charge in [0, 0.05) is 12.2 Å². The van der Waals surface area contributed by atoms with E-state index in [1.807, 2.05) is 62.4 Å². The van der Waals surface area contributed by atoms with Gasteiger partial charge in [0.25, 0.3) is 0 Å². The Hall–Kier alpha value is -2.53. The molecule has 0 saturated heterocycles. The molecule has 0 saturated carbocycles. The molecule has 0 spiro atoms. The summed E-state index contributed by atoms with van der Waals surface area (Å²) in [6.07, 6.45) is 1.89. The molecule has 0 amide bonds. The molecule has 0 aliphatic heterocycles. The Kier molecular flexibility index (Phi) is 7.29. The van der Waals surface area contributed by atoms with Gasteiger partial charge in [-0.25, -0.2) is 0 Å². The molecule has 4 nitrogen and oxygen atoms in total. The van der Waals surface area contributed by atoms with Crippen molar-refractivity contribution >= 4 is 23.0 Å². The van der Waals surface area contributed by atoms with E-state index in [4.69, 9.17) is 21.7 Å². The minimum absolute atomic E-state index is 0.175. The second-order valence-corrected chi connectivity index (χ2v) is 6.15. The summed E-state index contributed by atoms with van der Waals surface area (Å²) in [7, 11) is 0. The molecule has 132 valence electrons. The van der Waals surface area contributed by atoms with Gasteiger partial charge < -0.3 is 20.1 Å². The van der Waals surface area contributed by atoms with Crippen LogP contribution in [0.5, 0.6) is 11.5 Å². The van der Waals surface area contributed by atoms with Crippen molar-refractivity contribution in [1.29, 1.82) is 0 Å². The third-order valence-corrected chi connectivity index (χ3v) is 3.47. The number of hydrogen-bond donors (Lipinski definition) is 2. The molecule has 0 aromatic heterocycles. The Morgan fingerprint density at radius 3 is 2.32 bits per heavy atom. The maximum atomic E-state index is 5.63. The molecule has 0 unspecified atom stereocenters. The van der Waals surface area contributed by atoms with E-state index in [9.17, 15) is 0 Å². The Bertz CT molecular complexity index is 682. The zero-order valence-corrected chi connectivity index (χ0v) is 15.4. The van der Waals surface area contributed by atoms with Gasteiger partial charge in [-0.3, -0.25) is 0 Å². The van der Waals surface area contributed by atoms with Gasteiger partial charge >= 0.3 is 0 Å². The highest BCUT2D eigenvalue weighted by Gasteiger charge is 2.01. The van der Waals surface area contributed by atoms with Crippen LogP contribution in [0.25, 0.3) is 0 Å². The quantitative estimate of drug-likeness (QED) is 0.537. The van der Waals surface area contributed by atoms with Crippen molar-refractivity contribution in [2.24, 2.45) is 0 Å². The van der Waals surface area contributed by atoms with Crippen LogP contribution in [0.3, 0.4) is 0 Å². The van der Waals surface area contributed by atoms with Crippen molar-refractivity contribution in [2.45, 2.75) is 26.5 Å². The molecule has 2 rings (SSSR count). The molecular weight excluding hydrogens is 332 g/mol. The second kappa shape index (κ2) is 9.69. The maximum Gasteiger partial charge on any atom is 0.171 e. The monoisotopic (exact) mass is 356 g/mol. The van der Waals surface area contributed by atoms with Gasteiger partial charge in [0.2, 0.25) is 0 Å². The Labute approximate surface area is 154 Å². The Morgan fingerprint density at radius 2 is 1.72 bits per heavy atom. The molecule has 2 aromatic carbocycles. The zero-order chi connectivity index (χ0) is 18.1. The van der Waals surface area contributed by atoms with Crippen LogP contribution in [0.15, 0.2) is 61.2 Å². The third kappa shape index (κ3) is 6.85. The summed E-state index contributed by atoms with van der Waals surface area (Å²) >= 11 is 5.33. The van der Waals surface area contributed by atoms with Crippen molar-refractivity contribution in [3.05, 3.63) is 66.7 Å². The molecule has 5 heteroatoms. The predicted octanol–water partition coefficient (Wildman–Crippen LogP) is 4.53. The van der Waals surface area contributed by atoms with E-state index < -0.39 is 0 Å². The number of rotatable bonds is 8. The summed E-state index contributed by atoms with van der Waals surface area (Å²) in [5.41, 5.74) is 2.04. The standard InChI is InChI=1S/C20H24N2O2S/c1-4-13-23-18-11-7-17(8-12-18)22-20(25)21-14-16-5-9-19(10-6-16)24-15(2)3/h4-12,15H,1,13-14H2,2-3H3,(H2,21,22,25). The lowest BCUT2D eigenvalue weighted by Crippen LogP contribution is -2.27. The van der Waals surface area contributed by atoms with E-state index in [0.29, 0.717) is 18.3 Å². The lowest BCUT2D eigenvalue weighted by Gasteiger charge is -2.12. The van der Waals surface area contributed by atoms with Crippen molar-refractivity contribution in [3.8, 4) is 11.5 Å². The normalized spacial score (nSPS) is 10.2. The molecule has 0 aliphatic rings. The Balaban J connectivity index is 1.79. The fraction of sp³-hybridized carbons (Fsp3) is 0.250. The molecule has 0 bridgehead atoms. The van der Waals surface area contributed by atoms with Crippen LogP contribution in [-0.4, -0.2) is 17.8 Å². The van der Waals surface area contributed by atoms with Crippen LogP contribution in [-0.2, 0) is 6.54 Å². The molecule has 0 atom stereocenters. The minimum atomic E-state index is 0.175. The van der Waals surface area contributed by atoms with E-state index in [1.165, 1.54) is 0 Å². The number of benzene rings is 2. The Morgan fingerprint density at radius 1 is 1.08 bits per heavy atom. The first kappa shape index (κ1) is 18.8. The number of nitrogens with one attached hydrogen (secondary N) is 2. The molecule has 0 radical (unpaired) electrons. The summed E-state index contributed by atoms with van der Waals surface area (Å²) in [6.45, 7) is 8.79. The van der Waals surface area contributed by atoms with Crippen LogP contribution in [0.1, 0.15) is 19.4 Å². The lowest BCUT2D eigenvalue weighted by molar-refractivity contribution is 0.242. The number of ether oxygens (including phenoxy) is 2. The van der Waals surface area contributed by atoms with Crippen molar-refractivity contribution < 1.29 is 9.47 Å². The van der Waals surface area contributed by atoms with Gasteiger partial charge in [-0.05, 0) is 68.0 Å². The van der Waals surface area contributed by atoms with Gasteiger partial charge in [-0.1, -0.05) is 24.8 Å². The average Bonchev–Trinajstić information content (AvgIpc) is 2.60. The zero-order valence-electron chi connectivity index (χ0n) is 14.6. The van der Waals surface area contributed by atoms with E-state index in [2.05, 4.69) is 17.2 Å². The SMILES string of the molecule is C=CCOc1ccc(NC(=S)NCc2ccc(OC(C)C)cc2)cc1. The number of hydrogen-bond acceptors (Lipinski definition) is 3. The first-order valence-corrected chi connectivity index (χ1v) is 8.62. The van der Waals surface area contributed by atoms with Crippen molar-refractivity contribution in [3.63, 3.8) is 0 Å². The smallest absolute Gasteiger partial charge is 0.171 e. The average molecular weight is 356 g/mol. The number of anilines is 1. The summed E-state index contributed by atoms with van der Waals surface area (Å²) in [5.74, 6) is 1.67. The van der Waals surface area contributed by atoms with E-state index in [0.717, 1.165) is 22.7 Å². The third-order valence-electron chi connectivity index (χ3n) is 3.23. The van der Waals surface area contributed by atoms with Crippen LogP contribution in [0.4, 0.5) is 5.69 Å². The molecule has 2 N–H and O–H groups in total. The second-order valence-electron chi connectivity index (χ2n) is 5.74. The van der Waals surface area contributed by atoms with Crippen molar-refractivity contribution in [2.75, 3.05) is 11.9 Å². The summed E-state index contributed by atoms with van der Waals surface area (Å²) in [4.78, 5) is 0. The summed E-state index contributed by atoms with van der Waals surface area (Å²) < 4.78 is 11.1. The fourth-order valence-electron chi connectivity index (χ4n) is 2.11. The van der Waals surface area contributed by atoms with E-state index in [-0.39, 0.29) is 6.10 Å². The minimum Gasteiger partial charge on any atom is -0.491 e. The van der Waals surface area contributed by atoms with E-state index >= 15 is 0 Å². The van der Waals surface area contributed by atoms with Gasteiger partial charge in [0.15, 0.2) is 5.11 Å². The highest BCUT2D eigenvalue weighted by molar-refractivity contribution is 7.80. The molecule has 2 aromatic rings. The fourth-order valence-corrected chi connectivity index (χ4v) is 2.30. The molecule has 0 aliphatic carbocycles. The molecular formula is C20H24N2O2S. The van der Waals surface area contributed by atoms with Gasteiger partial charge in [-0.15, -0.1) is 0 Å². The van der Waals surface area contributed by atoms with Crippen LogP contribution in [0, 0.1) is 0 Å². The van der Waals surface area contributed by atoms with Crippen LogP contribution >= 0.6 is 12.2 Å². The molecule has 0 heterocycles. The van der Waals surface area contributed by atoms with Gasteiger partial charge in [-0.2, -0.15) is 0 Å². The predicted molar refractivity (Wildman–Crippen MR) is 107 cm³/mol.